The zero-order valence-corrected chi connectivity index (χ0v) is 7.91. The van der Waals surface area contributed by atoms with Crippen molar-refractivity contribution in [1.82, 2.24) is 0 Å². The molecule has 0 atom stereocenters. The monoisotopic (exact) mass is 210 g/mol. The Balaban J connectivity index is 3.08. The number of hydrogen-bond donors (Lipinski definition) is 0. The Hall–Kier alpha value is -0.390. The fraction of sp³-hybridized carbons (Fsp3) is 0.429. The lowest BCUT2D eigenvalue weighted by atomic mass is 10.4. The summed E-state index contributed by atoms with van der Waals surface area (Å²) in [5.74, 6) is 0. The van der Waals surface area contributed by atoms with E-state index in [-0.39, 0.29) is 4.88 Å². The first-order chi connectivity index (χ1) is 7.06. The van der Waals surface area contributed by atoms with Crippen molar-refractivity contribution >= 4 is 21.5 Å². The van der Waals surface area contributed by atoms with Crippen LogP contribution in [0, 0.1) is 0 Å². The molecule has 0 saturated heterocycles. The fourth-order valence-corrected chi connectivity index (χ4v) is 1.25. The number of thiophene rings is 1. The van der Waals surface area contributed by atoms with Gasteiger partial charge in [-0.2, -0.15) is 8.42 Å². The number of rotatable bonds is 4. The first kappa shape index (κ1) is 5.36. The largest absolute Gasteiger partial charge is 0.270 e. The molecule has 1 aromatic rings. The van der Waals surface area contributed by atoms with Crippen LogP contribution in [0.15, 0.2) is 17.5 Å². The summed E-state index contributed by atoms with van der Waals surface area (Å²) < 4.78 is 55.7. The minimum absolute atomic E-state index is 0.0705. The average Bonchev–Trinajstić information content (AvgIpc) is 2.49. The maximum atomic E-state index is 10.8. The van der Waals surface area contributed by atoms with Gasteiger partial charge in [-0.15, -0.1) is 11.3 Å². The second-order valence-corrected chi connectivity index (χ2v) is 4.51. The van der Waals surface area contributed by atoms with Gasteiger partial charge in [0.1, 0.15) is 0 Å². The molecule has 1 heterocycles. The van der Waals surface area contributed by atoms with Gasteiger partial charge in [-0.3, -0.25) is 4.18 Å². The summed E-state index contributed by atoms with van der Waals surface area (Å²) in [5, 5.41) is 1.57. The first-order valence-electron chi connectivity index (χ1n) is 5.01. The fourth-order valence-electron chi connectivity index (χ4n) is 0.496. The van der Waals surface area contributed by atoms with Crippen molar-refractivity contribution in [2.45, 2.75) is 6.37 Å². The molecule has 0 saturated carbocycles. The third-order valence-electron chi connectivity index (χ3n) is 0.888. The van der Waals surface area contributed by atoms with E-state index in [9.17, 15) is 8.42 Å². The van der Waals surface area contributed by atoms with Crippen LogP contribution in [-0.4, -0.2) is 21.2 Å². The molecule has 0 unspecified atom stereocenters. The lowest BCUT2D eigenvalue weighted by Gasteiger charge is -1.97. The van der Waals surface area contributed by atoms with Gasteiger partial charge in [-0.05, 0) is 11.4 Å². The van der Waals surface area contributed by atoms with E-state index in [1.54, 1.807) is 11.4 Å². The van der Waals surface area contributed by atoms with Crippen molar-refractivity contribution in [3.8, 4) is 0 Å². The molecular formula is C7H10O3S2. The van der Waals surface area contributed by atoms with Gasteiger partial charge in [-0.25, -0.2) is 0 Å². The van der Waals surface area contributed by atoms with Crippen LogP contribution in [-0.2, 0) is 20.7 Å². The van der Waals surface area contributed by atoms with Crippen molar-refractivity contribution < 1.29 is 18.1 Å². The number of hydrogen-bond acceptors (Lipinski definition) is 4. The molecule has 68 valence electrons. The van der Waals surface area contributed by atoms with Gasteiger partial charge < -0.3 is 0 Å². The molecule has 12 heavy (non-hydrogen) atoms. The molecule has 0 aromatic carbocycles. The molecule has 0 N–H and O–H groups in total. The highest BCUT2D eigenvalue weighted by molar-refractivity contribution is 7.85. The molecule has 0 spiro atoms. The van der Waals surface area contributed by atoms with E-state index in [1.165, 1.54) is 6.07 Å². The minimum atomic E-state index is -4.07. The molecule has 0 fully saturated rings. The summed E-state index contributed by atoms with van der Waals surface area (Å²) in [6.45, 7) is -2.94. The van der Waals surface area contributed by atoms with E-state index in [1.807, 2.05) is 0 Å². The van der Waals surface area contributed by atoms with Crippen LogP contribution in [0.5, 0.6) is 0 Å². The molecule has 3 nitrogen and oxygen atoms in total. The van der Waals surface area contributed by atoms with E-state index in [4.69, 9.17) is 5.48 Å². The Bertz CT molecular complexity index is 452. The van der Waals surface area contributed by atoms with Crippen LogP contribution in [0.25, 0.3) is 0 Å². The molecule has 0 aliphatic carbocycles. The normalized spacial score (nSPS) is 19.1. The molecule has 0 radical (unpaired) electrons. The average molecular weight is 210 g/mol. The second kappa shape index (κ2) is 4.02. The van der Waals surface area contributed by atoms with Crippen LogP contribution in [0.1, 0.15) is 10.4 Å². The van der Waals surface area contributed by atoms with Crippen molar-refractivity contribution in [3.63, 3.8) is 0 Å². The molecule has 1 aromatic heterocycles. The van der Waals surface area contributed by atoms with Gasteiger partial charge in [0.25, 0.3) is 10.1 Å². The lowest BCUT2D eigenvalue weighted by Crippen LogP contribution is -2.05. The standard InChI is InChI=1S/C7H10O3S2/c1-12(8,9)10-5-4-7-3-2-6-11-7/h2-3,6H,4-5H2,1H3/i4D2,5D2. The highest BCUT2D eigenvalue weighted by Gasteiger charge is 2.01. The van der Waals surface area contributed by atoms with Crippen LogP contribution >= 0.6 is 11.3 Å². The van der Waals surface area contributed by atoms with Gasteiger partial charge in [0.05, 0.1) is 15.6 Å². The Morgan fingerprint density at radius 3 is 3.00 bits per heavy atom. The minimum Gasteiger partial charge on any atom is -0.270 e. The van der Waals surface area contributed by atoms with E-state index in [0.29, 0.717) is 6.26 Å². The Morgan fingerprint density at radius 2 is 2.50 bits per heavy atom. The summed E-state index contributed by atoms with van der Waals surface area (Å²) >= 11 is 0.993. The quantitative estimate of drug-likeness (QED) is 0.703. The summed E-state index contributed by atoms with van der Waals surface area (Å²) in [4.78, 5) is 0.0705. The summed E-state index contributed by atoms with van der Waals surface area (Å²) in [7, 11) is -4.07. The molecule has 5 heteroatoms. The summed E-state index contributed by atoms with van der Waals surface area (Å²) in [6, 6.07) is 2.93. The Morgan fingerprint density at radius 1 is 1.75 bits per heavy atom. The van der Waals surface area contributed by atoms with Crippen LogP contribution in [0.3, 0.4) is 0 Å². The van der Waals surface area contributed by atoms with Gasteiger partial charge in [0.15, 0.2) is 0 Å². The van der Waals surface area contributed by atoms with Gasteiger partial charge in [0.2, 0.25) is 0 Å². The molecule has 0 aliphatic heterocycles. The van der Waals surface area contributed by atoms with Crippen LogP contribution < -0.4 is 0 Å². The molecular weight excluding hydrogens is 196 g/mol. The van der Waals surface area contributed by atoms with Gasteiger partial charge in [-0.1, -0.05) is 6.07 Å². The highest BCUT2D eigenvalue weighted by atomic mass is 32.2. The summed E-state index contributed by atoms with van der Waals surface area (Å²) in [6.07, 6.45) is -1.85. The predicted octanol–water partition coefficient (Wildman–Crippen LogP) is 1.27. The van der Waals surface area contributed by atoms with Gasteiger partial charge in [0, 0.05) is 14.0 Å². The van der Waals surface area contributed by atoms with E-state index in [0.717, 1.165) is 11.3 Å². The lowest BCUT2D eigenvalue weighted by molar-refractivity contribution is 0.327. The van der Waals surface area contributed by atoms with E-state index >= 15 is 0 Å². The summed E-state index contributed by atoms with van der Waals surface area (Å²) in [5.41, 5.74) is 0. The third-order valence-corrected chi connectivity index (χ3v) is 2.06. The Labute approximate surface area is 81.7 Å². The predicted molar refractivity (Wildman–Crippen MR) is 48.8 cm³/mol. The molecule has 0 aliphatic rings. The molecule has 0 amide bonds. The molecule has 0 bridgehead atoms. The number of aryl methyl sites for hydroxylation is 1. The first-order valence-corrected chi connectivity index (χ1v) is 5.70. The zero-order valence-electron chi connectivity index (χ0n) is 10.3. The Kier molecular flexibility index (Phi) is 1.80. The molecule has 1 rings (SSSR count). The van der Waals surface area contributed by atoms with Crippen molar-refractivity contribution in [1.29, 1.82) is 0 Å². The van der Waals surface area contributed by atoms with Crippen molar-refractivity contribution in [3.05, 3.63) is 22.4 Å². The SMILES string of the molecule is [2H]C([2H])(OS(C)(=O)=O)C([2H])([2H])c1cccs1. The topological polar surface area (TPSA) is 43.4 Å². The van der Waals surface area contributed by atoms with Crippen LogP contribution in [0.2, 0.25) is 0 Å². The van der Waals surface area contributed by atoms with E-state index < -0.39 is 23.1 Å². The van der Waals surface area contributed by atoms with Crippen molar-refractivity contribution in [2.24, 2.45) is 0 Å². The smallest absolute Gasteiger partial charge is 0.264 e. The maximum Gasteiger partial charge on any atom is 0.264 e. The second-order valence-electron chi connectivity index (χ2n) is 1.99. The zero-order chi connectivity index (χ0) is 12.6. The van der Waals surface area contributed by atoms with Gasteiger partial charge >= 0.3 is 0 Å². The highest BCUT2D eigenvalue weighted by Crippen LogP contribution is 2.09. The van der Waals surface area contributed by atoms with Crippen LogP contribution in [0.4, 0.5) is 0 Å². The van der Waals surface area contributed by atoms with E-state index in [2.05, 4.69) is 4.18 Å². The van der Waals surface area contributed by atoms with Crippen molar-refractivity contribution in [2.75, 3.05) is 12.8 Å². The third kappa shape index (κ3) is 3.85. The maximum absolute atomic E-state index is 10.8.